The molecule has 9 heteroatoms. The average molecular weight is 504 g/mol. The van der Waals surface area contributed by atoms with Crippen LogP contribution in [0.5, 0.6) is 11.5 Å². The molecule has 1 N–H and O–H groups in total. The van der Waals surface area contributed by atoms with Crippen molar-refractivity contribution in [2.45, 2.75) is 6.92 Å². The van der Waals surface area contributed by atoms with Gasteiger partial charge in [0.1, 0.15) is 12.2 Å². The van der Waals surface area contributed by atoms with Gasteiger partial charge in [-0.3, -0.25) is 14.9 Å². The lowest BCUT2D eigenvalue weighted by molar-refractivity contribution is -0.122. The Bertz CT molecular complexity index is 1170. The third-order valence-corrected chi connectivity index (χ3v) is 5.50. The van der Waals surface area contributed by atoms with E-state index in [4.69, 9.17) is 27.5 Å². The lowest BCUT2D eigenvalue weighted by atomic mass is 10.1. The molecule has 1 aliphatic rings. The van der Waals surface area contributed by atoms with Gasteiger partial charge in [0.05, 0.1) is 12.8 Å². The summed E-state index contributed by atoms with van der Waals surface area (Å²) in [6.07, 6.45) is 6.57. The van der Waals surface area contributed by atoms with Crippen LogP contribution >= 0.6 is 27.5 Å². The number of carbonyl (C=O) groups is 3. The molecule has 0 spiro atoms. The van der Waals surface area contributed by atoms with Gasteiger partial charge in [-0.05, 0) is 48.4 Å². The standard InChI is InChI=1S/C22H16BrClN2O5/c1-4-7-31-19-11-16(23)13(9-18(19)30-3)8-15-20(27)25-22(29)26(21(15)28)14-6-5-12(2)17(24)10-14/h1,5-6,8-11H,7H2,2-3H3,(H,25,27,29)/b15-8-. The molecular weight excluding hydrogens is 488 g/mol. The van der Waals surface area contributed by atoms with Gasteiger partial charge in [0.25, 0.3) is 11.8 Å². The van der Waals surface area contributed by atoms with Gasteiger partial charge >= 0.3 is 6.03 Å². The van der Waals surface area contributed by atoms with Crippen molar-refractivity contribution in [2.24, 2.45) is 0 Å². The molecule has 1 aliphatic heterocycles. The summed E-state index contributed by atoms with van der Waals surface area (Å²) in [5.74, 6) is 1.50. The van der Waals surface area contributed by atoms with Crippen molar-refractivity contribution in [1.29, 1.82) is 0 Å². The number of hydrogen-bond donors (Lipinski definition) is 1. The van der Waals surface area contributed by atoms with E-state index in [0.717, 1.165) is 10.5 Å². The van der Waals surface area contributed by atoms with Crippen molar-refractivity contribution in [3.05, 3.63) is 56.5 Å². The molecule has 0 aliphatic carbocycles. The molecule has 0 atom stereocenters. The summed E-state index contributed by atoms with van der Waals surface area (Å²) < 4.78 is 11.3. The summed E-state index contributed by atoms with van der Waals surface area (Å²) in [5, 5.41) is 2.56. The summed E-state index contributed by atoms with van der Waals surface area (Å²) in [6.45, 7) is 1.83. The second-order valence-corrected chi connectivity index (χ2v) is 7.67. The molecule has 0 saturated carbocycles. The fourth-order valence-corrected chi connectivity index (χ4v) is 3.43. The summed E-state index contributed by atoms with van der Waals surface area (Å²) >= 11 is 9.52. The van der Waals surface area contributed by atoms with Crippen LogP contribution in [0.25, 0.3) is 6.08 Å². The van der Waals surface area contributed by atoms with E-state index in [-0.39, 0.29) is 17.9 Å². The Morgan fingerprint density at radius 1 is 1.23 bits per heavy atom. The van der Waals surface area contributed by atoms with Gasteiger partial charge in [0.15, 0.2) is 11.5 Å². The normalized spacial score (nSPS) is 15.0. The lowest BCUT2D eigenvalue weighted by Crippen LogP contribution is -2.54. The number of urea groups is 1. The lowest BCUT2D eigenvalue weighted by Gasteiger charge is -2.26. The van der Waals surface area contributed by atoms with Gasteiger partial charge in [-0.2, -0.15) is 0 Å². The number of anilines is 1. The van der Waals surface area contributed by atoms with Gasteiger partial charge in [0, 0.05) is 9.50 Å². The second-order valence-electron chi connectivity index (χ2n) is 6.41. The Balaban J connectivity index is 2.04. The van der Waals surface area contributed by atoms with E-state index >= 15 is 0 Å². The minimum atomic E-state index is -0.859. The largest absolute Gasteiger partial charge is 0.493 e. The molecule has 31 heavy (non-hydrogen) atoms. The molecule has 1 heterocycles. The number of halogens is 2. The first-order valence-electron chi connectivity index (χ1n) is 8.88. The highest BCUT2D eigenvalue weighted by Crippen LogP contribution is 2.35. The minimum absolute atomic E-state index is 0.0420. The molecule has 4 amide bonds. The maximum Gasteiger partial charge on any atom is 0.335 e. The molecule has 0 radical (unpaired) electrons. The molecule has 1 saturated heterocycles. The summed E-state index contributed by atoms with van der Waals surface area (Å²) in [4.78, 5) is 38.7. The maximum absolute atomic E-state index is 13.1. The van der Waals surface area contributed by atoms with Gasteiger partial charge < -0.3 is 9.47 Å². The van der Waals surface area contributed by atoms with E-state index in [1.165, 1.54) is 19.3 Å². The van der Waals surface area contributed by atoms with Crippen LogP contribution in [0.3, 0.4) is 0 Å². The Morgan fingerprint density at radius 2 is 1.97 bits per heavy atom. The average Bonchev–Trinajstić information content (AvgIpc) is 2.73. The highest BCUT2D eigenvalue weighted by atomic mass is 79.9. The number of hydrogen-bond acceptors (Lipinski definition) is 5. The van der Waals surface area contributed by atoms with Gasteiger partial charge in [0.2, 0.25) is 0 Å². The fourth-order valence-electron chi connectivity index (χ4n) is 2.82. The third kappa shape index (κ3) is 4.58. The van der Waals surface area contributed by atoms with Crippen LogP contribution in [0.4, 0.5) is 10.5 Å². The number of methoxy groups -OCH3 is 1. The maximum atomic E-state index is 13.1. The smallest absolute Gasteiger partial charge is 0.335 e. The van der Waals surface area contributed by atoms with E-state index in [1.54, 1.807) is 31.2 Å². The Labute approximate surface area is 192 Å². The molecule has 1 fully saturated rings. The van der Waals surface area contributed by atoms with E-state index < -0.39 is 17.8 Å². The molecule has 2 aromatic carbocycles. The number of barbiturate groups is 1. The second kappa shape index (κ2) is 9.25. The van der Waals surface area contributed by atoms with Crippen molar-refractivity contribution >= 4 is 57.1 Å². The molecular formula is C22H16BrClN2O5. The van der Waals surface area contributed by atoms with Crippen LogP contribution < -0.4 is 19.7 Å². The van der Waals surface area contributed by atoms with E-state index in [9.17, 15) is 14.4 Å². The molecule has 0 bridgehead atoms. The number of carbonyl (C=O) groups excluding carboxylic acids is 3. The van der Waals surface area contributed by atoms with Crippen LogP contribution in [0.15, 0.2) is 40.4 Å². The van der Waals surface area contributed by atoms with Gasteiger partial charge in [-0.25, -0.2) is 9.69 Å². The van der Waals surface area contributed by atoms with Crippen LogP contribution in [-0.2, 0) is 9.59 Å². The number of nitrogens with one attached hydrogen (secondary N) is 1. The number of imide groups is 2. The SMILES string of the molecule is C#CCOc1cc(Br)c(/C=C2/C(=O)NC(=O)N(c3ccc(C)c(Cl)c3)C2=O)cc1OC. The summed E-state index contributed by atoms with van der Waals surface area (Å²) in [5.41, 5.74) is 1.24. The Morgan fingerprint density at radius 3 is 2.61 bits per heavy atom. The van der Waals surface area contributed by atoms with Crippen LogP contribution in [-0.4, -0.2) is 31.6 Å². The van der Waals surface area contributed by atoms with Crippen LogP contribution in [0.2, 0.25) is 5.02 Å². The molecule has 0 aromatic heterocycles. The molecule has 2 aromatic rings. The zero-order valence-electron chi connectivity index (χ0n) is 16.5. The fraction of sp³-hybridized carbons (Fsp3) is 0.136. The number of aryl methyl sites for hydroxylation is 1. The van der Waals surface area contributed by atoms with Crippen LogP contribution in [0.1, 0.15) is 11.1 Å². The molecule has 0 unspecified atom stereocenters. The van der Waals surface area contributed by atoms with E-state index in [0.29, 0.717) is 26.6 Å². The third-order valence-electron chi connectivity index (χ3n) is 4.41. The van der Waals surface area contributed by atoms with Crippen molar-refractivity contribution < 1.29 is 23.9 Å². The number of nitrogens with zero attached hydrogens (tertiary/aromatic N) is 1. The topological polar surface area (TPSA) is 84.9 Å². The van der Waals surface area contributed by atoms with Crippen molar-refractivity contribution in [1.82, 2.24) is 5.32 Å². The number of rotatable bonds is 5. The first-order chi connectivity index (χ1) is 14.8. The predicted octanol–water partition coefficient (Wildman–Crippen LogP) is 4.10. The Kier molecular flexibility index (Phi) is 6.68. The van der Waals surface area contributed by atoms with Gasteiger partial charge in [-0.15, -0.1) is 6.42 Å². The predicted molar refractivity (Wildman–Crippen MR) is 120 cm³/mol. The number of benzene rings is 2. The highest BCUT2D eigenvalue weighted by molar-refractivity contribution is 9.10. The minimum Gasteiger partial charge on any atom is -0.493 e. The molecule has 7 nitrogen and oxygen atoms in total. The number of ether oxygens (including phenoxy) is 2. The monoisotopic (exact) mass is 502 g/mol. The quantitative estimate of drug-likeness (QED) is 0.377. The number of terminal acetylenes is 1. The molecule has 158 valence electrons. The zero-order valence-corrected chi connectivity index (χ0v) is 18.8. The first-order valence-corrected chi connectivity index (χ1v) is 10.0. The van der Waals surface area contributed by atoms with E-state index in [2.05, 4.69) is 27.2 Å². The molecule has 3 rings (SSSR count). The van der Waals surface area contributed by atoms with Crippen molar-refractivity contribution in [3.8, 4) is 23.8 Å². The van der Waals surface area contributed by atoms with Gasteiger partial charge in [-0.1, -0.05) is 39.5 Å². The van der Waals surface area contributed by atoms with Crippen LogP contribution in [0, 0.1) is 19.3 Å². The summed E-state index contributed by atoms with van der Waals surface area (Å²) in [6, 6.07) is 7.06. The highest BCUT2D eigenvalue weighted by Gasteiger charge is 2.37. The van der Waals surface area contributed by atoms with Crippen molar-refractivity contribution in [2.75, 3.05) is 18.6 Å². The summed E-state index contributed by atoms with van der Waals surface area (Å²) in [7, 11) is 1.45. The Hall–Kier alpha value is -3.28. The zero-order chi connectivity index (χ0) is 22.7. The van der Waals surface area contributed by atoms with Crippen molar-refractivity contribution in [3.63, 3.8) is 0 Å². The number of amides is 4. The van der Waals surface area contributed by atoms with E-state index in [1.807, 2.05) is 0 Å². The first kappa shape index (κ1) is 22.4.